The molecule has 0 aliphatic heterocycles. The molecule has 0 aliphatic carbocycles. The Morgan fingerprint density at radius 1 is 0.317 bits per heavy atom. The number of nitrogens with zero attached hydrogens (tertiary/aromatic N) is 6. The summed E-state index contributed by atoms with van der Waals surface area (Å²) in [7, 11) is 0. The Labute approximate surface area is 348 Å². The monoisotopic (exact) mass is 770 g/mol. The van der Waals surface area contributed by atoms with Gasteiger partial charge in [0.2, 0.25) is 0 Å². The van der Waals surface area contributed by atoms with Crippen molar-refractivity contribution in [2.24, 2.45) is 0 Å². The summed E-state index contributed by atoms with van der Waals surface area (Å²) in [4.78, 5) is 4.66. The Hall–Kier alpha value is -8.22. The molecule has 9 aromatic carbocycles. The molecule has 0 radical (unpaired) electrons. The summed E-state index contributed by atoms with van der Waals surface area (Å²) in [6.45, 7) is 0. The van der Waals surface area contributed by atoms with E-state index in [1.54, 1.807) is 0 Å². The van der Waals surface area contributed by atoms with Crippen LogP contribution in [0.2, 0.25) is 0 Å². The van der Waals surface area contributed by atoms with Crippen LogP contribution < -0.4 is 9.80 Å². The summed E-state index contributed by atoms with van der Waals surface area (Å²) in [6, 6.07) is 81.5. The highest BCUT2D eigenvalue weighted by Gasteiger charge is 2.20. The highest BCUT2D eigenvalue weighted by Crippen LogP contribution is 2.43. The van der Waals surface area contributed by atoms with Gasteiger partial charge in [-0.1, -0.05) is 114 Å². The average Bonchev–Trinajstić information content (AvgIpc) is 3.90. The lowest BCUT2D eigenvalue weighted by atomic mass is 10.0. The summed E-state index contributed by atoms with van der Waals surface area (Å²) in [5.74, 6) is 0. The van der Waals surface area contributed by atoms with Gasteiger partial charge >= 0.3 is 0 Å². The Balaban J connectivity index is 1.07. The Morgan fingerprint density at radius 3 is 1.32 bits per heavy atom. The number of aromatic nitrogens is 4. The lowest BCUT2D eigenvalue weighted by molar-refractivity contribution is 0.824. The molecule has 2 aromatic heterocycles. The zero-order valence-electron chi connectivity index (χ0n) is 32.6. The first-order valence-corrected chi connectivity index (χ1v) is 20.2. The molecule has 0 unspecified atom stereocenters. The molecule has 0 saturated carbocycles. The third-order valence-corrected chi connectivity index (χ3v) is 11.2. The number of anilines is 6. The van der Waals surface area contributed by atoms with Crippen molar-refractivity contribution < 1.29 is 0 Å². The number of hydrogen-bond acceptors (Lipinski definition) is 4. The van der Waals surface area contributed by atoms with Gasteiger partial charge in [-0.3, -0.25) is 0 Å². The Kier molecular flexibility index (Phi) is 8.71. The van der Waals surface area contributed by atoms with Gasteiger partial charge in [0.15, 0.2) is 0 Å². The second-order valence-corrected chi connectivity index (χ2v) is 14.8. The molecular weight excluding hydrogens is 733 g/mol. The van der Waals surface area contributed by atoms with Crippen LogP contribution in [0.25, 0.3) is 55.3 Å². The van der Waals surface area contributed by atoms with E-state index in [2.05, 4.69) is 237 Å². The molecule has 0 amide bonds. The maximum Gasteiger partial charge on any atom is 0.113 e. The highest BCUT2D eigenvalue weighted by molar-refractivity contribution is 6.12. The molecule has 11 rings (SSSR count). The second-order valence-electron chi connectivity index (χ2n) is 14.8. The van der Waals surface area contributed by atoms with Crippen molar-refractivity contribution in [3.05, 3.63) is 231 Å². The molecule has 6 heteroatoms. The van der Waals surface area contributed by atoms with Crippen molar-refractivity contribution in [1.29, 1.82) is 0 Å². The van der Waals surface area contributed by atoms with Gasteiger partial charge in [0.05, 0.1) is 22.2 Å². The summed E-state index contributed by atoms with van der Waals surface area (Å²) in [5.41, 5.74) is 15.0. The largest absolute Gasteiger partial charge is 0.310 e. The van der Waals surface area contributed by atoms with Crippen molar-refractivity contribution in [3.63, 3.8) is 0 Å². The fourth-order valence-corrected chi connectivity index (χ4v) is 8.44. The van der Waals surface area contributed by atoms with Crippen molar-refractivity contribution >= 4 is 67.0 Å². The molecule has 11 aromatic rings. The van der Waals surface area contributed by atoms with Gasteiger partial charge in [-0.25, -0.2) is 4.68 Å². The van der Waals surface area contributed by atoms with Crippen LogP contribution in [-0.4, -0.2) is 19.6 Å². The maximum atomic E-state index is 4.47. The topological polar surface area (TPSA) is 42.1 Å². The second kappa shape index (κ2) is 14.9. The third-order valence-electron chi connectivity index (χ3n) is 11.2. The van der Waals surface area contributed by atoms with E-state index in [-0.39, 0.29) is 0 Å². The highest BCUT2D eigenvalue weighted by atomic mass is 15.4. The summed E-state index contributed by atoms with van der Waals surface area (Å²) in [5, 5.41) is 11.2. The van der Waals surface area contributed by atoms with Crippen molar-refractivity contribution in [1.82, 2.24) is 19.6 Å². The van der Waals surface area contributed by atoms with Crippen molar-refractivity contribution in [2.75, 3.05) is 9.80 Å². The minimum Gasteiger partial charge on any atom is -0.310 e. The molecule has 0 fully saturated rings. The van der Waals surface area contributed by atoms with Gasteiger partial charge in [-0.2, -0.15) is 0 Å². The summed E-state index contributed by atoms with van der Waals surface area (Å²) < 4.78 is 4.30. The molecule has 0 saturated heterocycles. The van der Waals surface area contributed by atoms with E-state index in [4.69, 9.17) is 0 Å². The van der Waals surface area contributed by atoms with Crippen molar-refractivity contribution in [3.8, 4) is 22.5 Å². The lowest BCUT2D eigenvalue weighted by Gasteiger charge is -2.26. The molecule has 6 nitrogen and oxygen atoms in total. The molecule has 0 atom stereocenters. The predicted molar refractivity (Wildman–Crippen MR) is 248 cm³/mol. The lowest BCUT2D eigenvalue weighted by Crippen LogP contribution is -2.09. The Bertz CT molecular complexity index is 3030. The van der Waals surface area contributed by atoms with Crippen LogP contribution in [0, 0.1) is 0 Å². The first-order chi connectivity index (χ1) is 29.8. The van der Waals surface area contributed by atoms with Crippen LogP contribution in [0.15, 0.2) is 231 Å². The molecule has 0 bridgehead atoms. The molecule has 2 heterocycles. The molecule has 0 aliphatic rings. The normalized spacial score (nSPS) is 11.3. The van der Waals surface area contributed by atoms with Crippen LogP contribution in [-0.2, 0) is 0 Å². The van der Waals surface area contributed by atoms with E-state index in [0.717, 1.165) is 78.7 Å². The van der Waals surface area contributed by atoms with Gasteiger partial charge in [0.1, 0.15) is 5.52 Å². The van der Waals surface area contributed by atoms with Gasteiger partial charge in [-0.05, 0) is 132 Å². The molecular formula is C54H38N6. The number of para-hydroxylation sites is 5. The quantitative estimate of drug-likeness (QED) is 0.147. The van der Waals surface area contributed by atoms with Gasteiger partial charge in [0, 0.05) is 50.6 Å². The number of fused-ring (bicyclic) bond motifs is 4. The van der Waals surface area contributed by atoms with Gasteiger partial charge in [0.25, 0.3) is 0 Å². The number of rotatable bonds is 9. The van der Waals surface area contributed by atoms with Crippen LogP contribution in [0.1, 0.15) is 0 Å². The molecule has 0 N–H and O–H groups in total. The van der Waals surface area contributed by atoms with E-state index in [9.17, 15) is 0 Å². The standard InChI is InChI=1S/C54H38N6/c1-5-17-41(18-6-1)57(42-19-7-2-8-20-42)46-32-34-52-49(37-46)50-38-47(58(43-21-9-3-10-22-43)44-23-11-4-12-24-44)33-35-53(50)59(52)45-30-28-39(29-31-45)40-16-15-25-48(36-40)60-54-27-14-13-26-51(54)55-56-60/h1-38H. The smallest absolute Gasteiger partial charge is 0.113 e. The summed E-state index contributed by atoms with van der Waals surface area (Å²) in [6.07, 6.45) is 0. The SMILES string of the molecule is c1ccc(N(c2ccccc2)c2ccc3c(c2)c2cc(N(c4ccccc4)c4ccccc4)ccc2n3-c2ccc(-c3cccc(-n4nnc5ccccc54)c3)cc2)cc1. The number of hydrogen-bond donors (Lipinski definition) is 0. The minimum absolute atomic E-state index is 0.873. The average molecular weight is 771 g/mol. The van der Waals surface area contributed by atoms with Crippen LogP contribution >= 0.6 is 0 Å². The molecule has 0 spiro atoms. The van der Waals surface area contributed by atoms with Crippen LogP contribution in [0.5, 0.6) is 0 Å². The third kappa shape index (κ3) is 6.24. The molecule has 284 valence electrons. The van der Waals surface area contributed by atoms with E-state index >= 15 is 0 Å². The minimum atomic E-state index is 0.873. The predicted octanol–water partition coefficient (Wildman–Crippen LogP) is 14.1. The van der Waals surface area contributed by atoms with Crippen molar-refractivity contribution in [2.45, 2.75) is 0 Å². The van der Waals surface area contributed by atoms with Gasteiger partial charge in [-0.15, -0.1) is 5.10 Å². The van der Waals surface area contributed by atoms with E-state index in [1.165, 1.54) is 10.8 Å². The van der Waals surface area contributed by atoms with Crippen LogP contribution in [0.4, 0.5) is 34.1 Å². The van der Waals surface area contributed by atoms with E-state index in [1.807, 2.05) is 22.9 Å². The van der Waals surface area contributed by atoms with E-state index < -0.39 is 0 Å². The first-order valence-electron chi connectivity index (χ1n) is 20.2. The van der Waals surface area contributed by atoms with Crippen LogP contribution in [0.3, 0.4) is 0 Å². The van der Waals surface area contributed by atoms with Gasteiger partial charge < -0.3 is 14.4 Å². The fourth-order valence-electron chi connectivity index (χ4n) is 8.44. The maximum absolute atomic E-state index is 4.47. The van der Waals surface area contributed by atoms with E-state index in [0.29, 0.717) is 0 Å². The summed E-state index contributed by atoms with van der Waals surface area (Å²) >= 11 is 0. The first kappa shape index (κ1) is 35.0. The number of benzene rings is 9. The molecule has 60 heavy (non-hydrogen) atoms. The zero-order valence-corrected chi connectivity index (χ0v) is 32.6. The zero-order chi connectivity index (χ0) is 39.8. The fraction of sp³-hybridized carbons (Fsp3) is 0. The Morgan fingerprint density at radius 2 is 0.800 bits per heavy atom.